The lowest BCUT2D eigenvalue weighted by molar-refractivity contribution is -0.151. The lowest BCUT2D eigenvalue weighted by atomic mass is 9.84. The Morgan fingerprint density at radius 2 is 1.17 bits per heavy atom. The van der Waals surface area contributed by atoms with Gasteiger partial charge in [-0.1, -0.05) is 159 Å². The van der Waals surface area contributed by atoms with E-state index in [0.29, 0.717) is 19.4 Å². The molecule has 5 aromatic carbocycles. The third kappa shape index (κ3) is 10.9. The van der Waals surface area contributed by atoms with Crippen LogP contribution in [0.15, 0.2) is 146 Å². The summed E-state index contributed by atoms with van der Waals surface area (Å²) in [5.74, 6) is -2.11. The van der Waals surface area contributed by atoms with Gasteiger partial charge in [-0.2, -0.15) is 0 Å². The summed E-state index contributed by atoms with van der Waals surface area (Å²) in [6, 6.07) is 45.9. The highest BCUT2D eigenvalue weighted by molar-refractivity contribution is 5.87. The molecule has 0 aliphatic rings. The molecule has 0 heterocycles. The second kappa shape index (κ2) is 18.5. The molecule has 7 nitrogen and oxygen atoms in total. The molecule has 0 radical (unpaired) electrons. The molecule has 268 valence electrons. The highest BCUT2D eigenvalue weighted by Gasteiger charge is 2.42. The molecule has 0 saturated heterocycles. The Labute approximate surface area is 307 Å². The van der Waals surface area contributed by atoms with Gasteiger partial charge in [0.1, 0.15) is 12.1 Å². The van der Waals surface area contributed by atoms with Crippen LogP contribution in [0.4, 0.5) is 4.79 Å². The molecule has 0 aliphatic carbocycles. The average Bonchev–Trinajstić information content (AvgIpc) is 3.16. The largest absolute Gasteiger partial charge is 0.479 e. The van der Waals surface area contributed by atoms with Gasteiger partial charge in [0.15, 0.2) is 0 Å². The molecule has 2 amide bonds. The predicted molar refractivity (Wildman–Crippen MR) is 206 cm³/mol. The summed E-state index contributed by atoms with van der Waals surface area (Å²) in [5.41, 5.74) is 3.80. The zero-order valence-electron chi connectivity index (χ0n) is 30.0. The van der Waals surface area contributed by atoms with Crippen LogP contribution in [0.3, 0.4) is 0 Å². The predicted octanol–water partition coefficient (Wildman–Crippen LogP) is 8.62. The first-order valence-corrected chi connectivity index (χ1v) is 17.9. The summed E-state index contributed by atoms with van der Waals surface area (Å²) < 4.78 is 5.82. The van der Waals surface area contributed by atoms with E-state index in [1.54, 1.807) is 4.90 Å². The zero-order chi connectivity index (χ0) is 36.8. The third-order valence-corrected chi connectivity index (χ3v) is 9.14. The van der Waals surface area contributed by atoms with Crippen molar-refractivity contribution in [3.63, 3.8) is 0 Å². The number of benzene rings is 5. The lowest BCUT2D eigenvalue weighted by Crippen LogP contribution is -2.61. The first-order valence-electron chi connectivity index (χ1n) is 17.9. The van der Waals surface area contributed by atoms with Crippen LogP contribution in [0, 0.1) is 11.8 Å². The van der Waals surface area contributed by atoms with E-state index in [4.69, 9.17) is 4.74 Å². The summed E-state index contributed by atoms with van der Waals surface area (Å²) >= 11 is 0. The number of ether oxygens (including phenoxy) is 1. The number of nitrogens with zero attached hydrogens (tertiary/aromatic N) is 1. The molecule has 0 aliphatic heterocycles. The molecular formula is C45H48N2O5. The molecule has 5 rings (SSSR count). The van der Waals surface area contributed by atoms with Crippen molar-refractivity contribution < 1.29 is 24.2 Å². The molecule has 52 heavy (non-hydrogen) atoms. The Bertz CT molecular complexity index is 1870. The Balaban J connectivity index is 1.44. The number of urea groups is 1. The Morgan fingerprint density at radius 1 is 0.654 bits per heavy atom. The molecular weight excluding hydrogens is 649 g/mol. The summed E-state index contributed by atoms with van der Waals surface area (Å²) in [7, 11) is 0. The van der Waals surface area contributed by atoms with Crippen LogP contribution < -0.4 is 5.32 Å². The van der Waals surface area contributed by atoms with Gasteiger partial charge in [0.25, 0.3) is 0 Å². The summed E-state index contributed by atoms with van der Waals surface area (Å²) in [5, 5.41) is 14.0. The van der Waals surface area contributed by atoms with Gasteiger partial charge in [0.05, 0.1) is 5.92 Å². The van der Waals surface area contributed by atoms with Crippen molar-refractivity contribution >= 4 is 18.0 Å². The van der Waals surface area contributed by atoms with E-state index in [2.05, 4.69) is 5.32 Å². The smallest absolute Gasteiger partial charge is 0.330 e. The van der Waals surface area contributed by atoms with Gasteiger partial charge >= 0.3 is 18.0 Å². The van der Waals surface area contributed by atoms with Crippen molar-refractivity contribution in [2.75, 3.05) is 13.1 Å². The van der Waals surface area contributed by atoms with Crippen molar-refractivity contribution in [1.82, 2.24) is 10.2 Å². The number of aryl methyl sites for hydroxylation is 1. The summed E-state index contributed by atoms with van der Waals surface area (Å²) in [4.78, 5) is 43.3. The maximum absolute atomic E-state index is 14.5. The lowest BCUT2D eigenvalue weighted by Gasteiger charge is -2.35. The van der Waals surface area contributed by atoms with Crippen LogP contribution in [0.25, 0.3) is 11.1 Å². The maximum Gasteiger partial charge on any atom is 0.330 e. The fourth-order valence-electron chi connectivity index (χ4n) is 6.49. The standard InChI is InChI=1S/C45H48N2O5/c1-34(2)31-47(32-41(27-26-35-16-7-3-8-17-35)42(48)52-33-37-20-11-5-12-21-37)44(51)46-45(43(49)50,29-36-18-9-4-10-19-36)30-38-22-15-25-40(28-38)39-23-13-6-14-24-39/h3-25,28,34,41H,26-27,29-33H2,1-2H3,(H,46,51)(H,49,50). The minimum atomic E-state index is -1.68. The quantitative estimate of drug-likeness (QED) is 0.0950. The van der Waals surface area contributed by atoms with Crippen LogP contribution in [0.2, 0.25) is 0 Å². The zero-order valence-corrected chi connectivity index (χ0v) is 30.0. The fourth-order valence-corrected chi connectivity index (χ4v) is 6.49. The van der Waals surface area contributed by atoms with Crippen molar-refractivity contribution in [2.24, 2.45) is 11.8 Å². The van der Waals surface area contributed by atoms with Gasteiger partial charge in [-0.15, -0.1) is 0 Å². The number of esters is 1. The van der Waals surface area contributed by atoms with E-state index < -0.39 is 29.4 Å². The van der Waals surface area contributed by atoms with E-state index in [9.17, 15) is 19.5 Å². The number of carbonyl (C=O) groups is 3. The first-order chi connectivity index (χ1) is 25.2. The molecule has 0 aromatic heterocycles. The Morgan fingerprint density at radius 3 is 1.77 bits per heavy atom. The number of hydrogen-bond donors (Lipinski definition) is 2. The second-order valence-electron chi connectivity index (χ2n) is 13.8. The van der Waals surface area contributed by atoms with Gasteiger partial charge in [-0.3, -0.25) is 4.79 Å². The average molecular weight is 697 g/mol. The summed E-state index contributed by atoms with van der Waals surface area (Å²) in [6.45, 7) is 4.52. The molecule has 0 fully saturated rings. The SMILES string of the molecule is CC(C)CN(CC(CCc1ccccc1)C(=O)OCc1ccccc1)C(=O)NC(Cc1ccccc1)(Cc1cccc(-c2ccccc2)c1)C(=O)O. The van der Waals surface area contributed by atoms with E-state index in [1.807, 2.05) is 159 Å². The number of amides is 2. The minimum absolute atomic E-state index is 0.0513. The van der Waals surface area contributed by atoms with Crippen LogP contribution in [-0.2, 0) is 40.2 Å². The highest BCUT2D eigenvalue weighted by Crippen LogP contribution is 2.26. The molecule has 2 atom stereocenters. The van der Waals surface area contributed by atoms with Gasteiger partial charge in [0.2, 0.25) is 0 Å². The van der Waals surface area contributed by atoms with Crippen LogP contribution in [-0.4, -0.2) is 46.6 Å². The summed E-state index contributed by atoms with van der Waals surface area (Å²) in [6.07, 6.45) is 1.19. The Kier molecular flexibility index (Phi) is 13.4. The third-order valence-electron chi connectivity index (χ3n) is 9.14. The molecule has 2 N–H and O–H groups in total. The Hall–Kier alpha value is -5.69. The minimum Gasteiger partial charge on any atom is -0.479 e. The monoisotopic (exact) mass is 696 g/mol. The van der Waals surface area contributed by atoms with Gasteiger partial charge in [-0.25, -0.2) is 9.59 Å². The normalized spacial score (nSPS) is 12.8. The van der Waals surface area contributed by atoms with Crippen molar-refractivity contribution in [3.05, 3.63) is 168 Å². The van der Waals surface area contributed by atoms with Gasteiger partial charge < -0.3 is 20.1 Å². The second-order valence-corrected chi connectivity index (χ2v) is 13.8. The maximum atomic E-state index is 14.5. The number of rotatable bonds is 17. The molecule has 7 heteroatoms. The highest BCUT2D eigenvalue weighted by atomic mass is 16.5. The first kappa shape index (κ1) is 37.6. The van der Waals surface area contributed by atoms with Crippen molar-refractivity contribution in [1.29, 1.82) is 0 Å². The fraction of sp³-hybridized carbons (Fsp3) is 0.267. The topological polar surface area (TPSA) is 95.9 Å². The number of carboxylic acids is 1. The number of carbonyl (C=O) groups excluding carboxylic acids is 2. The van der Waals surface area contributed by atoms with Gasteiger partial charge in [0, 0.05) is 25.9 Å². The molecule has 0 spiro atoms. The van der Waals surface area contributed by atoms with Crippen LogP contribution >= 0.6 is 0 Å². The number of nitrogens with one attached hydrogen (secondary N) is 1. The van der Waals surface area contributed by atoms with E-state index in [1.165, 1.54) is 0 Å². The number of hydrogen-bond acceptors (Lipinski definition) is 4. The van der Waals surface area contributed by atoms with E-state index in [-0.39, 0.29) is 31.9 Å². The van der Waals surface area contributed by atoms with Gasteiger partial charge in [-0.05, 0) is 52.1 Å². The molecule has 5 aromatic rings. The molecule has 2 unspecified atom stereocenters. The molecule has 0 saturated carbocycles. The van der Waals surface area contributed by atoms with Crippen molar-refractivity contribution in [3.8, 4) is 11.1 Å². The van der Waals surface area contributed by atoms with Crippen molar-refractivity contribution in [2.45, 2.75) is 51.7 Å². The van der Waals surface area contributed by atoms with E-state index in [0.717, 1.165) is 33.4 Å². The van der Waals surface area contributed by atoms with Crippen LogP contribution in [0.5, 0.6) is 0 Å². The molecule has 0 bridgehead atoms. The number of aliphatic carboxylic acids is 1. The van der Waals surface area contributed by atoms with E-state index >= 15 is 0 Å². The van der Waals surface area contributed by atoms with Crippen LogP contribution in [0.1, 0.15) is 42.5 Å². The number of carboxylic acid groups (broad SMARTS) is 1.